The summed E-state index contributed by atoms with van der Waals surface area (Å²) in [6.45, 7) is 19.2. The van der Waals surface area contributed by atoms with Gasteiger partial charge in [0, 0.05) is 13.5 Å². The fraction of sp³-hybridized carbons (Fsp3) is 0.607. The number of rotatable bonds is 3. The van der Waals surface area contributed by atoms with Crippen molar-refractivity contribution in [2.75, 3.05) is 19.8 Å². The van der Waals surface area contributed by atoms with Crippen LogP contribution in [0.5, 0.6) is 5.75 Å². The lowest BCUT2D eigenvalue weighted by Gasteiger charge is -2.36. The van der Waals surface area contributed by atoms with Crippen LogP contribution >= 0.6 is 0 Å². The van der Waals surface area contributed by atoms with Gasteiger partial charge >= 0.3 is 0 Å². The van der Waals surface area contributed by atoms with Crippen LogP contribution < -0.4 is 4.74 Å². The first kappa shape index (κ1) is 31.8. The topological polar surface area (TPSA) is 106 Å². The van der Waals surface area contributed by atoms with Gasteiger partial charge in [0.15, 0.2) is 0 Å². The Morgan fingerprint density at radius 1 is 1.25 bits per heavy atom. The van der Waals surface area contributed by atoms with Gasteiger partial charge < -0.3 is 29.5 Å². The maximum atomic E-state index is 10.1. The molecule has 0 bridgehead atoms. The van der Waals surface area contributed by atoms with Crippen molar-refractivity contribution in [3.05, 3.63) is 47.2 Å². The van der Waals surface area contributed by atoms with Crippen LogP contribution in [0.1, 0.15) is 58.7 Å². The summed E-state index contributed by atoms with van der Waals surface area (Å²) in [5.74, 6) is 0.542. The molecule has 2 aliphatic heterocycles. The number of fused-ring (bicyclic) bond motifs is 1. The normalized spacial score (nSPS) is 22.9. The number of aromatic nitrogens is 2. The summed E-state index contributed by atoms with van der Waals surface area (Å²) < 4.78 is 18.1. The lowest BCUT2D eigenvalue weighted by Crippen LogP contribution is -2.51. The molecule has 1 aromatic carbocycles. The van der Waals surface area contributed by atoms with Crippen molar-refractivity contribution in [3.8, 4) is 5.75 Å². The highest BCUT2D eigenvalue weighted by atomic mass is 16.7. The number of allylic oxidation sites excluding steroid dienone is 2. The van der Waals surface area contributed by atoms with Gasteiger partial charge in [-0.25, -0.2) is 0 Å². The number of hydrogen-bond donors (Lipinski definition) is 3. The van der Waals surface area contributed by atoms with E-state index in [9.17, 15) is 15.3 Å². The number of hydrogen-bond acceptors (Lipinski definition) is 7. The summed E-state index contributed by atoms with van der Waals surface area (Å²) in [7, 11) is 1.86. The molecule has 36 heavy (non-hydrogen) atoms. The number of ether oxygens (including phenoxy) is 3. The second-order valence-corrected chi connectivity index (χ2v) is 9.01. The summed E-state index contributed by atoms with van der Waals surface area (Å²) in [4.78, 5) is 0. The zero-order valence-corrected chi connectivity index (χ0v) is 23.2. The van der Waals surface area contributed by atoms with E-state index in [1.165, 1.54) is 11.1 Å². The number of aryl methyl sites for hydroxylation is 3. The Morgan fingerprint density at radius 2 is 1.89 bits per heavy atom. The highest BCUT2D eigenvalue weighted by Crippen LogP contribution is 2.32. The van der Waals surface area contributed by atoms with E-state index in [4.69, 9.17) is 14.2 Å². The molecular formula is C28H46N2O6. The molecule has 4 rings (SSSR count). The Morgan fingerprint density at radius 3 is 2.36 bits per heavy atom. The third-order valence-electron chi connectivity index (χ3n) is 5.67. The minimum Gasteiger partial charge on any atom is -0.461 e. The Labute approximate surface area is 216 Å². The SMILES string of the molecule is C=C1CCOC1.CC.CC=C(C)C.Cc1cc(OC2OC(CO)CC(O)C2O)c2c(C)nn(C)c2c1. The van der Waals surface area contributed by atoms with Gasteiger partial charge in [0.25, 0.3) is 0 Å². The van der Waals surface area contributed by atoms with Crippen LogP contribution in [-0.2, 0) is 16.5 Å². The fourth-order valence-electron chi connectivity index (χ4n) is 3.54. The molecule has 8 heteroatoms. The summed E-state index contributed by atoms with van der Waals surface area (Å²) in [6, 6.07) is 3.85. The third-order valence-corrected chi connectivity index (χ3v) is 5.67. The highest BCUT2D eigenvalue weighted by molar-refractivity contribution is 5.88. The molecule has 3 heterocycles. The largest absolute Gasteiger partial charge is 0.461 e. The quantitative estimate of drug-likeness (QED) is 0.531. The number of benzene rings is 1. The second kappa shape index (κ2) is 15.8. The maximum Gasteiger partial charge on any atom is 0.229 e. The Balaban J connectivity index is 0.000000411. The zero-order valence-electron chi connectivity index (χ0n) is 23.2. The first-order valence-corrected chi connectivity index (χ1v) is 12.6. The minimum absolute atomic E-state index is 0.173. The van der Waals surface area contributed by atoms with E-state index in [1.54, 1.807) is 4.68 Å². The molecule has 0 aliphatic carbocycles. The lowest BCUT2D eigenvalue weighted by atomic mass is 10.0. The van der Waals surface area contributed by atoms with Crippen LogP contribution in [0, 0.1) is 13.8 Å². The average molecular weight is 507 g/mol. The summed E-state index contributed by atoms with van der Waals surface area (Å²) >= 11 is 0. The molecule has 1 aromatic heterocycles. The highest BCUT2D eigenvalue weighted by Gasteiger charge is 2.38. The molecule has 0 amide bonds. The van der Waals surface area contributed by atoms with Crippen LogP contribution in [0.2, 0.25) is 0 Å². The zero-order chi connectivity index (χ0) is 27.4. The van der Waals surface area contributed by atoms with E-state index in [2.05, 4.69) is 31.6 Å². The predicted octanol–water partition coefficient (Wildman–Crippen LogP) is 4.36. The van der Waals surface area contributed by atoms with E-state index in [-0.39, 0.29) is 13.0 Å². The van der Waals surface area contributed by atoms with Gasteiger partial charge in [-0.2, -0.15) is 5.10 Å². The van der Waals surface area contributed by atoms with Crippen molar-refractivity contribution in [3.63, 3.8) is 0 Å². The second-order valence-electron chi connectivity index (χ2n) is 9.01. The predicted molar refractivity (Wildman–Crippen MR) is 144 cm³/mol. The van der Waals surface area contributed by atoms with Crippen LogP contribution in [0.15, 0.2) is 35.9 Å². The lowest BCUT2D eigenvalue weighted by molar-refractivity contribution is -0.240. The van der Waals surface area contributed by atoms with Crippen LogP contribution in [0.3, 0.4) is 0 Å². The maximum absolute atomic E-state index is 10.1. The number of aliphatic hydroxyl groups is 3. The van der Waals surface area contributed by atoms with Gasteiger partial charge in [-0.3, -0.25) is 4.68 Å². The molecular weight excluding hydrogens is 460 g/mol. The van der Waals surface area contributed by atoms with Crippen molar-refractivity contribution < 1.29 is 29.5 Å². The molecule has 0 spiro atoms. The molecule has 8 nitrogen and oxygen atoms in total. The summed E-state index contributed by atoms with van der Waals surface area (Å²) in [6.07, 6.45) is -0.451. The summed E-state index contributed by atoms with van der Waals surface area (Å²) in [5.41, 5.74) is 5.32. The van der Waals surface area contributed by atoms with E-state index >= 15 is 0 Å². The van der Waals surface area contributed by atoms with Gasteiger partial charge in [-0.1, -0.05) is 32.1 Å². The van der Waals surface area contributed by atoms with E-state index in [1.807, 2.05) is 53.8 Å². The molecule has 2 aromatic rings. The Bertz CT molecular complexity index is 972. The molecule has 2 aliphatic rings. The standard InChI is InChI=1S/C16H22N2O5.C5H8O.C5H10.C2H6/c1-8-4-11-14(9(2)17-18(11)3)13(5-8)23-16-15(21)12(20)6-10(7-19)22-16;1-5-2-3-6-4-5;1-4-5(2)3;1-2/h4-5,10,12,15-16,19-21H,6-7H2,1-3H3;1-4H2;4H,1-3H3;1-2H3. The first-order valence-electron chi connectivity index (χ1n) is 12.6. The van der Waals surface area contributed by atoms with Gasteiger partial charge in [-0.15, -0.1) is 0 Å². The smallest absolute Gasteiger partial charge is 0.229 e. The molecule has 4 atom stereocenters. The fourth-order valence-corrected chi connectivity index (χ4v) is 3.54. The van der Waals surface area contributed by atoms with Crippen LogP contribution in [0.4, 0.5) is 0 Å². The van der Waals surface area contributed by atoms with Crippen molar-refractivity contribution in [1.29, 1.82) is 0 Å². The molecule has 204 valence electrons. The van der Waals surface area contributed by atoms with Crippen LogP contribution in [-0.4, -0.2) is 69.5 Å². The van der Waals surface area contributed by atoms with Gasteiger partial charge in [0.2, 0.25) is 6.29 Å². The molecule has 3 N–H and O–H groups in total. The minimum atomic E-state index is -1.18. The third kappa shape index (κ3) is 9.33. The van der Waals surface area contributed by atoms with Crippen molar-refractivity contribution in [1.82, 2.24) is 9.78 Å². The van der Waals surface area contributed by atoms with Crippen molar-refractivity contribution >= 4 is 10.9 Å². The molecule has 2 saturated heterocycles. The van der Waals surface area contributed by atoms with E-state index < -0.39 is 24.6 Å². The number of aliphatic hydroxyl groups excluding tert-OH is 3. The van der Waals surface area contributed by atoms with Gasteiger partial charge in [-0.05, 0) is 64.3 Å². The van der Waals surface area contributed by atoms with Crippen molar-refractivity contribution in [2.24, 2.45) is 7.05 Å². The van der Waals surface area contributed by atoms with Crippen molar-refractivity contribution in [2.45, 2.75) is 85.9 Å². The Kier molecular flexibility index (Phi) is 13.9. The monoisotopic (exact) mass is 506 g/mol. The van der Waals surface area contributed by atoms with Gasteiger partial charge in [0.05, 0.1) is 48.6 Å². The first-order chi connectivity index (χ1) is 17.1. The molecule has 0 radical (unpaired) electrons. The Hall–Kier alpha value is -2.23. The molecule has 4 unspecified atom stereocenters. The van der Waals surface area contributed by atoms with E-state index in [0.29, 0.717) is 5.75 Å². The molecule has 0 saturated carbocycles. The van der Waals surface area contributed by atoms with Gasteiger partial charge in [0.1, 0.15) is 11.9 Å². The van der Waals surface area contributed by atoms with E-state index in [0.717, 1.165) is 41.8 Å². The number of nitrogens with zero attached hydrogens (tertiary/aromatic N) is 2. The molecule has 2 fully saturated rings. The van der Waals surface area contributed by atoms with Crippen LogP contribution in [0.25, 0.3) is 10.9 Å². The average Bonchev–Trinajstić information content (AvgIpc) is 3.44. The summed E-state index contributed by atoms with van der Waals surface area (Å²) in [5, 5.41) is 34.5.